The van der Waals surface area contributed by atoms with Gasteiger partial charge in [-0.2, -0.15) is 0 Å². The lowest BCUT2D eigenvalue weighted by atomic mass is 9.96. The molecule has 3 nitrogen and oxygen atoms in total. The fourth-order valence-electron chi connectivity index (χ4n) is 2.12. The topological polar surface area (TPSA) is 57.5 Å². The maximum Gasteiger partial charge on any atom is 0.328 e. The lowest BCUT2D eigenvalue weighted by molar-refractivity contribution is -0.131. The molecule has 0 heterocycles. The van der Waals surface area contributed by atoms with Gasteiger partial charge >= 0.3 is 5.97 Å². The highest BCUT2D eigenvalue weighted by Crippen LogP contribution is 2.32. The van der Waals surface area contributed by atoms with Crippen LogP contribution < -0.4 is 0 Å². The van der Waals surface area contributed by atoms with Crippen LogP contribution in [0, 0.1) is 0 Å². The van der Waals surface area contributed by atoms with E-state index in [0.717, 1.165) is 17.2 Å². The zero-order valence-electron chi connectivity index (χ0n) is 12.1. The van der Waals surface area contributed by atoms with Gasteiger partial charge < -0.3 is 10.2 Å². The van der Waals surface area contributed by atoms with Crippen molar-refractivity contribution >= 4 is 12.0 Å². The standard InChI is InChI=1S/C18H18O3/c1-12(2)14-4-3-5-15(11-14)16-10-13(6-8-17(16)19)7-9-18(20)21/h3-12,19H,1-2H3,(H,20,21)/b9-7+. The zero-order valence-corrected chi connectivity index (χ0v) is 12.1. The smallest absolute Gasteiger partial charge is 0.328 e. The Hall–Kier alpha value is -2.55. The van der Waals surface area contributed by atoms with E-state index in [2.05, 4.69) is 19.9 Å². The summed E-state index contributed by atoms with van der Waals surface area (Å²) < 4.78 is 0. The van der Waals surface area contributed by atoms with Crippen LogP contribution in [0.2, 0.25) is 0 Å². The molecule has 21 heavy (non-hydrogen) atoms. The number of aliphatic carboxylic acids is 1. The summed E-state index contributed by atoms with van der Waals surface area (Å²) in [7, 11) is 0. The van der Waals surface area contributed by atoms with E-state index < -0.39 is 5.97 Å². The molecule has 0 aromatic heterocycles. The monoisotopic (exact) mass is 282 g/mol. The number of benzene rings is 2. The SMILES string of the molecule is CC(C)c1cccc(-c2cc(/C=C/C(=O)O)ccc2O)c1. The summed E-state index contributed by atoms with van der Waals surface area (Å²) in [5.41, 5.74) is 3.55. The van der Waals surface area contributed by atoms with Gasteiger partial charge in [-0.1, -0.05) is 44.2 Å². The van der Waals surface area contributed by atoms with E-state index in [1.807, 2.05) is 18.2 Å². The van der Waals surface area contributed by atoms with Crippen LogP contribution in [0.15, 0.2) is 48.5 Å². The summed E-state index contributed by atoms with van der Waals surface area (Å²) in [6.07, 6.45) is 2.60. The van der Waals surface area contributed by atoms with Crippen molar-refractivity contribution in [3.8, 4) is 16.9 Å². The van der Waals surface area contributed by atoms with Crippen LogP contribution in [0.1, 0.15) is 30.9 Å². The molecular formula is C18H18O3. The number of rotatable bonds is 4. The molecule has 2 N–H and O–H groups in total. The van der Waals surface area contributed by atoms with Crippen LogP contribution in [-0.4, -0.2) is 16.2 Å². The molecule has 0 atom stereocenters. The molecule has 2 aromatic rings. The molecule has 0 aliphatic rings. The highest BCUT2D eigenvalue weighted by atomic mass is 16.4. The van der Waals surface area contributed by atoms with E-state index >= 15 is 0 Å². The Morgan fingerprint density at radius 3 is 2.57 bits per heavy atom. The number of aromatic hydroxyl groups is 1. The quantitative estimate of drug-likeness (QED) is 0.823. The average Bonchev–Trinajstić information content (AvgIpc) is 2.46. The molecule has 0 saturated heterocycles. The first-order valence-electron chi connectivity index (χ1n) is 6.81. The summed E-state index contributed by atoms with van der Waals surface area (Å²) in [6, 6.07) is 13.1. The van der Waals surface area contributed by atoms with Crippen molar-refractivity contribution in [1.29, 1.82) is 0 Å². The highest BCUT2D eigenvalue weighted by Gasteiger charge is 2.07. The molecule has 0 amide bonds. The summed E-state index contributed by atoms with van der Waals surface area (Å²) in [6.45, 7) is 4.23. The molecule has 3 heteroatoms. The van der Waals surface area contributed by atoms with E-state index in [4.69, 9.17) is 5.11 Å². The van der Waals surface area contributed by atoms with Crippen LogP contribution in [-0.2, 0) is 4.79 Å². The van der Waals surface area contributed by atoms with Gasteiger partial charge in [0, 0.05) is 11.6 Å². The minimum atomic E-state index is -0.994. The van der Waals surface area contributed by atoms with E-state index in [1.165, 1.54) is 11.6 Å². The first-order chi connectivity index (χ1) is 9.97. The Labute approximate surface area is 124 Å². The molecule has 0 unspecified atom stereocenters. The van der Waals surface area contributed by atoms with Gasteiger partial charge in [-0.25, -0.2) is 4.79 Å². The fourth-order valence-corrected chi connectivity index (χ4v) is 2.12. The fraction of sp³-hybridized carbons (Fsp3) is 0.167. The Morgan fingerprint density at radius 2 is 1.90 bits per heavy atom. The lowest BCUT2D eigenvalue weighted by Gasteiger charge is -2.10. The van der Waals surface area contributed by atoms with E-state index in [9.17, 15) is 9.90 Å². The van der Waals surface area contributed by atoms with Crippen molar-refractivity contribution in [2.45, 2.75) is 19.8 Å². The predicted octanol–water partition coefficient (Wildman–Crippen LogP) is 4.28. The Morgan fingerprint density at radius 1 is 1.14 bits per heavy atom. The average molecular weight is 282 g/mol. The van der Waals surface area contributed by atoms with Gasteiger partial charge in [0.1, 0.15) is 5.75 Å². The van der Waals surface area contributed by atoms with E-state index in [1.54, 1.807) is 18.2 Å². The number of carboxylic acids is 1. The number of phenolic OH excluding ortho intramolecular Hbond substituents is 1. The second-order valence-electron chi connectivity index (χ2n) is 5.23. The normalized spacial score (nSPS) is 11.2. The maximum atomic E-state index is 10.6. The van der Waals surface area contributed by atoms with Crippen molar-refractivity contribution in [3.05, 3.63) is 59.7 Å². The van der Waals surface area contributed by atoms with E-state index in [-0.39, 0.29) is 5.75 Å². The second-order valence-corrected chi connectivity index (χ2v) is 5.23. The van der Waals surface area contributed by atoms with Gasteiger partial charge in [0.15, 0.2) is 0 Å². The summed E-state index contributed by atoms with van der Waals surface area (Å²) in [5.74, 6) is -0.406. The first kappa shape index (κ1) is 14.9. The Balaban J connectivity index is 2.45. The number of hydrogen-bond acceptors (Lipinski definition) is 2. The molecule has 0 bridgehead atoms. The minimum absolute atomic E-state index is 0.184. The highest BCUT2D eigenvalue weighted by molar-refractivity contribution is 5.86. The summed E-state index contributed by atoms with van der Waals surface area (Å²) in [4.78, 5) is 10.6. The van der Waals surface area contributed by atoms with Gasteiger partial charge in [0.25, 0.3) is 0 Å². The first-order valence-corrected chi connectivity index (χ1v) is 6.81. The number of phenols is 1. The Bertz CT molecular complexity index is 685. The summed E-state index contributed by atoms with van der Waals surface area (Å²) >= 11 is 0. The molecule has 2 rings (SSSR count). The number of carboxylic acid groups (broad SMARTS) is 1. The maximum absolute atomic E-state index is 10.6. The molecule has 0 spiro atoms. The van der Waals surface area contributed by atoms with Crippen molar-refractivity contribution in [3.63, 3.8) is 0 Å². The van der Waals surface area contributed by atoms with Gasteiger partial charge in [-0.3, -0.25) is 0 Å². The van der Waals surface area contributed by atoms with Crippen molar-refractivity contribution < 1.29 is 15.0 Å². The van der Waals surface area contributed by atoms with Gasteiger partial charge in [0.05, 0.1) is 0 Å². The molecule has 0 radical (unpaired) electrons. The van der Waals surface area contributed by atoms with Gasteiger partial charge in [-0.05, 0) is 40.8 Å². The third-order valence-corrected chi connectivity index (χ3v) is 3.30. The number of carbonyl (C=O) groups is 1. The van der Waals surface area contributed by atoms with Crippen LogP contribution in [0.3, 0.4) is 0 Å². The van der Waals surface area contributed by atoms with Gasteiger partial charge in [0.2, 0.25) is 0 Å². The van der Waals surface area contributed by atoms with Crippen LogP contribution in [0.25, 0.3) is 17.2 Å². The molecule has 108 valence electrons. The lowest BCUT2D eigenvalue weighted by Crippen LogP contribution is -1.89. The van der Waals surface area contributed by atoms with Crippen LogP contribution in [0.5, 0.6) is 5.75 Å². The van der Waals surface area contributed by atoms with Crippen molar-refractivity contribution in [2.24, 2.45) is 0 Å². The van der Waals surface area contributed by atoms with Crippen molar-refractivity contribution in [2.75, 3.05) is 0 Å². The molecule has 0 saturated carbocycles. The second kappa shape index (κ2) is 6.27. The molecule has 0 aliphatic heterocycles. The Kier molecular flexibility index (Phi) is 4.43. The molecule has 0 fully saturated rings. The predicted molar refractivity (Wildman–Crippen MR) is 84.3 cm³/mol. The van der Waals surface area contributed by atoms with Crippen LogP contribution >= 0.6 is 0 Å². The minimum Gasteiger partial charge on any atom is -0.507 e. The zero-order chi connectivity index (χ0) is 15.4. The summed E-state index contributed by atoms with van der Waals surface area (Å²) in [5, 5.41) is 18.7. The van der Waals surface area contributed by atoms with Crippen molar-refractivity contribution in [1.82, 2.24) is 0 Å². The number of hydrogen-bond donors (Lipinski definition) is 2. The molecular weight excluding hydrogens is 264 g/mol. The third-order valence-electron chi connectivity index (χ3n) is 3.30. The molecule has 0 aliphatic carbocycles. The largest absolute Gasteiger partial charge is 0.507 e. The van der Waals surface area contributed by atoms with Gasteiger partial charge in [-0.15, -0.1) is 0 Å². The van der Waals surface area contributed by atoms with Crippen LogP contribution in [0.4, 0.5) is 0 Å². The van der Waals surface area contributed by atoms with E-state index in [0.29, 0.717) is 11.5 Å². The third kappa shape index (κ3) is 3.72. The molecule has 2 aromatic carbocycles.